The number of aromatic amines is 2. The Labute approximate surface area is 195 Å². The molecule has 1 aliphatic heterocycles. The van der Waals surface area contributed by atoms with Gasteiger partial charge in [0.1, 0.15) is 0 Å². The lowest BCUT2D eigenvalue weighted by molar-refractivity contribution is -0.143. The van der Waals surface area contributed by atoms with Crippen LogP contribution in [0.2, 0.25) is 0 Å². The number of H-pyrrole nitrogens is 2. The number of nitrogens with one attached hydrogen (secondary N) is 2. The summed E-state index contributed by atoms with van der Waals surface area (Å²) < 4.78 is 0. The van der Waals surface area contributed by atoms with Gasteiger partial charge in [-0.2, -0.15) is 5.10 Å². The molecule has 9 nitrogen and oxygen atoms in total. The molecule has 2 N–H and O–H groups in total. The number of hydrogen-bond acceptors (Lipinski definition) is 5. The topological polar surface area (TPSA) is 119 Å². The minimum Gasteiger partial charge on any atom is -0.338 e. The van der Waals surface area contributed by atoms with Gasteiger partial charge in [-0.3, -0.25) is 24.3 Å². The van der Waals surface area contributed by atoms with Gasteiger partial charge in [-0.15, -0.1) is 0 Å². The summed E-state index contributed by atoms with van der Waals surface area (Å²) in [6.07, 6.45) is 1.43. The first kappa shape index (κ1) is 21.8. The first-order valence-corrected chi connectivity index (χ1v) is 11.3. The molecule has 3 amide bonds. The van der Waals surface area contributed by atoms with Gasteiger partial charge in [-0.05, 0) is 29.5 Å². The van der Waals surface area contributed by atoms with Crippen LogP contribution in [0, 0.1) is 0 Å². The van der Waals surface area contributed by atoms with Crippen LogP contribution in [0.4, 0.5) is 0 Å². The molecule has 1 aromatic heterocycles. The van der Waals surface area contributed by atoms with Gasteiger partial charge in [0.05, 0.1) is 12.0 Å². The van der Waals surface area contributed by atoms with Crippen molar-refractivity contribution in [2.75, 3.05) is 7.05 Å². The van der Waals surface area contributed by atoms with Crippen LogP contribution in [0.25, 0.3) is 11.1 Å². The Morgan fingerprint density at radius 2 is 1.74 bits per heavy atom. The molecule has 0 bridgehead atoms. The fraction of sp³-hybridized carbons (Fsp3) is 0.320. The van der Waals surface area contributed by atoms with Crippen molar-refractivity contribution in [1.29, 1.82) is 0 Å². The number of rotatable bonds is 7. The molecule has 1 saturated carbocycles. The standard InChI is InChI=1S/C25H25N5O4/c1-29(15-20-26-24(34)28-27-20)21(31)13-25(14-22(32)30(23(25)33)19-11-12-19)18-9-7-17(8-10-18)16-5-3-2-4-6-16/h2-10,19H,11-15H2,1H3,(H2,26,27,28,34)/t25-/m1/s1. The third-order valence-corrected chi connectivity index (χ3v) is 6.62. The van der Waals surface area contributed by atoms with Gasteiger partial charge in [0.2, 0.25) is 17.7 Å². The van der Waals surface area contributed by atoms with Crippen molar-refractivity contribution in [3.8, 4) is 11.1 Å². The van der Waals surface area contributed by atoms with E-state index in [0.29, 0.717) is 11.4 Å². The van der Waals surface area contributed by atoms with Crippen LogP contribution in [-0.2, 0) is 26.3 Å². The van der Waals surface area contributed by atoms with Crippen LogP contribution >= 0.6 is 0 Å². The first-order valence-electron chi connectivity index (χ1n) is 11.3. The van der Waals surface area contributed by atoms with Crippen molar-refractivity contribution in [2.45, 2.75) is 43.7 Å². The van der Waals surface area contributed by atoms with Crippen LogP contribution in [0.1, 0.15) is 37.1 Å². The zero-order valence-electron chi connectivity index (χ0n) is 18.8. The molecule has 1 aliphatic carbocycles. The Balaban J connectivity index is 1.46. The number of benzene rings is 2. The van der Waals surface area contributed by atoms with Gasteiger partial charge in [-0.1, -0.05) is 54.6 Å². The van der Waals surface area contributed by atoms with Crippen molar-refractivity contribution >= 4 is 17.7 Å². The first-order chi connectivity index (χ1) is 16.4. The van der Waals surface area contributed by atoms with Gasteiger partial charge in [0.15, 0.2) is 5.82 Å². The molecule has 1 atom stereocenters. The average Bonchev–Trinajstić information content (AvgIpc) is 3.53. The molecule has 2 heterocycles. The quantitative estimate of drug-likeness (QED) is 0.524. The molecular formula is C25H25N5O4. The minimum absolute atomic E-state index is 0.0359. The van der Waals surface area contributed by atoms with Gasteiger partial charge in [0.25, 0.3) is 0 Å². The summed E-state index contributed by atoms with van der Waals surface area (Å²) in [5, 5.41) is 6.11. The molecule has 5 rings (SSSR count). The molecule has 0 spiro atoms. The number of carbonyl (C=O) groups excluding carboxylic acids is 3. The van der Waals surface area contributed by atoms with E-state index in [-0.39, 0.29) is 43.1 Å². The highest BCUT2D eigenvalue weighted by atomic mass is 16.2. The molecule has 2 aliphatic rings. The largest absolute Gasteiger partial charge is 0.340 e. The number of amides is 3. The Morgan fingerprint density at radius 3 is 2.35 bits per heavy atom. The number of likely N-dealkylation sites (tertiary alicyclic amines) is 1. The Kier molecular flexibility index (Phi) is 5.39. The predicted molar refractivity (Wildman–Crippen MR) is 123 cm³/mol. The van der Waals surface area contributed by atoms with Crippen molar-refractivity contribution < 1.29 is 14.4 Å². The van der Waals surface area contributed by atoms with Crippen molar-refractivity contribution in [2.24, 2.45) is 0 Å². The molecule has 9 heteroatoms. The molecule has 3 aromatic rings. The Bertz CT molecular complexity index is 1290. The summed E-state index contributed by atoms with van der Waals surface area (Å²) in [7, 11) is 1.58. The molecule has 0 radical (unpaired) electrons. The fourth-order valence-electron chi connectivity index (χ4n) is 4.63. The normalized spacial score (nSPS) is 20.1. The molecule has 2 aromatic carbocycles. The summed E-state index contributed by atoms with van der Waals surface area (Å²) in [5.41, 5.74) is 0.979. The molecule has 34 heavy (non-hydrogen) atoms. The highest BCUT2D eigenvalue weighted by Gasteiger charge is 2.57. The van der Waals surface area contributed by atoms with E-state index in [1.807, 2.05) is 54.6 Å². The lowest BCUT2D eigenvalue weighted by Crippen LogP contribution is -2.43. The Hall–Kier alpha value is -4.01. The second kappa shape index (κ2) is 8.40. The van der Waals surface area contributed by atoms with E-state index in [1.165, 1.54) is 9.80 Å². The maximum atomic E-state index is 13.7. The number of imide groups is 1. The van der Waals surface area contributed by atoms with E-state index in [4.69, 9.17) is 0 Å². The SMILES string of the molecule is CN(Cc1n[nH]c(=O)[nH]1)C(=O)C[C@]1(c2ccc(-c3ccccc3)cc2)CC(=O)N(C2CC2)C1=O. The van der Waals surface area contributed by atoms with Crippen LogP contribution in [0.3, 0.4) is 0 Å². The van der Waals surface area contributed by atoms with E-state index in [1.54, 1.807) is 7.05 Å². The third kappa shape index (κ3) is 3.93. The van der Waals surface area contributed by atoms with E-state index >= 15 is 0 Å². The second-order valence-corrected chi connectivity index (χ2v) is 9.05. The van der Waals surface area contributed by atoms with Gasteiger partial charge < -0.3 is 4.90 Å². The monoisotopic (exact) mass is 459 g/mol. The van der Waals surface area contributed by atoms with Crippen LogP contribution in [-0.4, -0.2) is 55.8 Å². The highest BCUT2D eigenvalue weighted by Crippen LogP contribution is 2.44. The second-order valence-electron chi connectivity index (χ2n) is 9.05. The molecule has 2 fully saturated rings. The van der Waals surface area contributed by atoms with Crippen molar-refractivity contribution in [3.63, 3.8) is 0 Å². The molecule has 0 unspecified atom stereocenters. The van der Waals surface area contributed by atoms with Gasteiger partial charge >= 0.3 is 5.69 Å². The Morgan fingerprint density at radius 1 is 1.06 bits per heavy atom. The summed E-state index contributed by atoms with van der Waals surface area (Å²) in [4.78, 5) is 56.4. The van der Waals surface area contributed by atoms with Gasteiger partial charge in [-0.25, -0.2) is 9.89 Å². The lowest BCUT2D eigenvalue weighted by atomic mass is 9.75. The molecule has 1 saturated heterocycles. The molecule has 174 valence electrons. The predicted octanol–water partition coefficient (Wildman–Crippen LogP) is 1.97. The fourth-order valence-corrected chi connectivity index (χ4v) is 4.63. The van der Waals surface area contributed by atoms with Gasteiger partial charge in [0, 0.05) is 25.9 Å². The highest BCUT2D eigenvalue weighted by molar-refractivity contribution is 6.11. The molecular weight excluding hydrogens is 434 g/mol. The summed E-state index contributed by atoms with van der Waals surface area (Å²) in [5.74, 6) is -0.528. The number of hydrogen-bond donors (Lipinski definition) is 2. The van der Waals surface area contributed by atoms with Crippen LogP contribution < -0.4 is 5.69 Å². The van der Waals surface area contributed by atoms with E-state index in [9.17, 15) is 19.2 Å². The number of nitrogens with zero attached hydrogens (tertiary/aromatic N) is 3. The zero-order chi connectivity index (χ0) is 23.9. The summed E-state index contributed by atoms with van der Waals surface area (Å²) in [6, 6.07) is 17.3. The number of carbonyl (C=O) groups is 3. The maximum absolute atomic E-state index is 13.7. The zero-order valence-corrected chi connectivity index (χ0v) is 18.8. The average molecular weight is 460 g/mol. The minimum atomic E-state index is -1.25. The van der Waals surface area contributed by atoms with E-state index < -0.39 is 11.1 Å². The smallest absolute Gasteiger partial charge is 0.338 e. The van der Waals surface area contributed by atoms with E-state index in [2.05, 4.69) is 15.2 Å². The van der Waals surface area contributed by atoms with E-state index in [0.717, 1.165) is 24.0 Å². The van der Waals surface area contributed by atoms with Crippen LogP contribution in [0.5, 0.6) is 0 Å². The van der Waals surface area contributed by atoms with Crippen molar-refractivity contribution in [1.82, 2.24) is 25.0 Å². The van der Waals surface area contributed by atoms with Crippen molar-refractivity contribution in [3.05, 3.63) is 76.5 Å². The number of aromatic nitrogens is 3. The lowest BCUT2D eigenvalue weighted by Gasteiger charge is -2.29. The van der Waals surface area contributed by atoms with Crippen LogP contribution in [0.15, 0.2) is 59.4 Å². The third-order valence-electron chi connectivity index (χ3n) is 6.62. The maximum Gasteiger partial charge on any atom is 0.340 e. The summed E-state index contributed by atoms with van der Waals surface area (Å²) in [6.45, 7) is 0.0784. The summed E-state index contributed by atoms with van der Waals surface area (Å²) >= 11 is 0.